The minimum atomic E-state index is 0.797. The lowest BCUT2D eigenvalue weighted by Gasteiger charge is -2.08. The van der Waals surface area contributed by atoms with Crippen LogP contribution in [0.4, 0.5) is 0 Å². The highest BCUT2D eigenvalue weighted by Crippen LogP contribution is 2.37. The molecule has 0 amide bonds. The fourth-order valence-corrected chi connectivity index (χ4v) is 7.24. The number of aryl methyl sites for hydroxylation is 2. The third kappa shape index (κ3) is 5.62. The highest BCUT2D eigenvalue weighted by molar-refractivity contribution is 7.25. The molecule has 47 heavy (non-hydrogen) atoms. The summed E-state index contributed by atoms with van der Waals surface area (Å²) in [7, 11) is 0. The highest BCUT2D eigenvalue weighted by Gasteiger charge is 2.11. The van der Waals surface area contributed by atoms with Crippen molar-refractivity contribution in [2.24, 2.45) is 0 Å². The van der Waals surface area contributed by atoms with Gasteiger partial charge in [-0.3, -0.25) is 0 Å². The van der Waals surface area contributed by atoms with Crippen molar-refractivity contribution >= 4 is 53.3 Å². The van der Waals surface area contributed by atoms with E-state index in [4.69, 9.17) is 4.98 Å². The van der Waals surface area contributed by atoms with E-state index in [1.165, 1.54) is 31.3 Å². The molecule has 224 valence electrons. The summed E-state index contributed by atoms with van der Waals surface area (Å²) in [5.41, 5.74) is 8.69. The lowest BCUT2D eigenvalue weighted by atomic mass is 10.0. The minimum absolute atomic E-state index is 0.797. The number of thiophene rings is 1. The molecule has 0 aliphatic rings. The molecule has 0 N–H and O–H groups in total. The molecule has 0 saturated heterocycles. The fraction of sp³-hybridized carbons (Fsp3) is 0.0476. The quantitative estimate of drug-likeness (QED) is 0.197. The predicted octanol–water partition coefficient (Wildman–Crippen LogP) is 11.2. The van der Waals surface area contributed by atoms with Gasteiger partial charge in [0.05, 0.1) is 22.4 Å². The lowest BCUT2D eigenvalue weighted by molar-refractivity contribution is 1.10. The number of fused-ring (bicyclic) bond motifs is 5. The minimum Gasteiger partial charge on any atom is -0.233 e. The van der Waals surface area contributed by atoms with E-state index in [2.05, 4.69) is 118 Å². The summed E-state index contributed by atoms with van der Waals surface area (Å²) in [5.74, 6) is 1.60. The molecule has 0 aliphatic heterocycles. The molecule has 0 saturated carbocycles. The molecule has 5 heteroatoms. The van der Waals surface area contributed by atoms with E-state index in [0.29, 0.717) is 0 Å². The van der Waals surface area contributed by atoms with Crippen LogP contribution in [0, 0.1) is 13.8 Å². The molecule has 0 unspecified atom stereocenters. The van der Waals surface area contributed by atoms with Crippen molar-refractivity contribution in [2.75, 3.05) is 0 Å². The molecule has 0 bridgehead atoms. The van der Waals surface area contributed by atoms with E-state index in [-0.39, 0.29) is 0 Å². The maximum absolute atomic E-state index is 4.74. The molecular formula is C42H30N4S. The van der Waals surface area contributed by atoms with Crippen molar-refractivity contribution in [1.82, 2.24) is 19.9 Å². The van der Waals surface area contributed by atoms with Crippen molar-refractivity contribution in [3.63, 3.8) is 0 Å². The SMILES string of the molecule is Cc1nc(-c2ccc(-c3ccccc3)cc2)c2ccccc2n1.Cc1nc(-c2ccc3sc4ccccc4c3c2)c2ccccc2n1. The first-order chi connectivity index (χ1) is 23.1. The Bertz CT molecular complexity index is 2540. The summed E-state index contributed by atoms with van der Waals surface area (Å²) in [5, 5.41) is 4.80. The van der Waals surface area contributed by atoms with Gasteiger partial charge in [0.1, 0.15) is 11.6 Å². The molecule has 0 fully saturated rings. The average Bonchev–Trinajstić information content (AvgIpc) is 3.50. The summed E-state index contributed by atoms with van der Waals surface area (Å²) in [6.45, 7) is 3.89. The summed E-state index contributed by atoms with van der Waals surface area (Å²) in [4.78, 5) is 18.5. The number of hydrogen-bond acceptors (Lipinski definition) is 5. The van der Waals surface area contributed by atoms with Gasteiger partial charge in [-0.2, -0.15) is 0 Å². The second kappa shape index (κ2) is 12.2. The zero-order valence-corrected chi connectivity index (χ0v) is 26.9. The zero-order chi connectivity index (χ0) is 31.7. The van der Waals surface area contributed by atoms with Crippen molar-refractivity contribution < 1.29 is 0 Å². The van der Waals surface area contributed by atoms with Crippen LogP contribution in [0.25, 0.3) is 75.6 Å². The molecular weight excluding hydrogens is 593 g/mol. The Morgan fingerprint density at radius 1 is 0.362 bits per heavy atom. The van der Waals surface area contributed by atoms with Crippen LogP contribution in [0.2, 0.25) is 0 Å². The van der Waals surface area contributed by atoms with Crippen LogP contribution in [0.5, 0.6) is 0 Å². The topological polar surface area (TPSA) is 51.6 Å². The van der Waals surface area contributed by atoms with Crippen LogP contribution >= 0.6 is 11.3 Å². The molecule has 0 aliphatic carbocycles. The number of para-hydroxylation sites is 2. The molecule has 9 aromatic rings. The zero-order valence-electron chi connectivity index (χ0n) is 26.1. The second-order valence-corrected chi connectivity index (χ2v) is 12.6. The van der Waals surface area contributed by atoms with Gasteiger partial charge in [0.25, 0.3) is 0 Å². The number of hydrogen-bond donors (Lipinski definition) is 0. The van der Waals surface area contributed by atoms with Crippen molar-refractivity contribution in [3.05, 3.63) is 157 Å². The first-order valence-corrected chi connectivity index (χ1v) is 16.5. The van der Waals surface area contributed by atoms with Crippen LogP contribution in [0.15, 0.2) is 146 Å². The maximum atomic E-state index is 4.74. The Hall–Kier alpha value is -5.78. The largest absolute Gasteiger partial charge is 0.233 e. The maximum Gasteiger partial charge on any atom is 0.126 e. The summed E-state index contributed by atoms with van der Waals surface area (Å²) in [6.07, 6.45) is 0. The highest BCUT2D eigenvalue weighted by atomic mass is 32.1. The third-order valence-corrected chi connectivity index (χ3v) is 9.50. The fourth-order valence-electron chi connectivity index (χ4n) is 6.15. The van der Waals surface area contributed by atoms with Crippen LogP contribution < -0.4 is 0 Å². The van der Waals surface area contributed by atoms with Gasteiger partial charge in [0, 0.05) is 42.1 Å². The summed E-state index contributed by atoms with van der Waals surface area (Å²) in [6, 6.07) is 50.6. The van der Waals surface area contributed by atoms with Crippen molar-refractivity contribution in [1.29, 1.82) is 0 Å². The van der Waals surface area contributed by atoms with Gasteiger partial charge in [-0.05, 0) is 55.3 Å². The van der Waals surface area contributed by atoms with Crippen LogP contribution in [0.3, 0.4) is 0 Å². The van der Waals surface area contributed by atoms with Gasteiger partial charge >= 0.3 is 0 Å². The Balaban J connectivity index is 0.000000138. The van der Waals surface area contributed by atoms with Crippen LogP contribution in [-0.2, 0) is 0 Å². The Kier molecular flexibility index (Phi) is 7.44. The summed E-state index contributed by atoms with van der Waals surface area (Å²) < 4.78 is 2.64. The van der Waals surface area contributed by atoms with Crippen molar-refractivity contribution in [2.45, 2.75) is 13.8 Å². The lowest BCUT2D eigenvalue weighted by Crippen LogP contribution is -1.93. The first kappa shape index (κ1) is 28.7. The van der Waals surface area contributed by atoms with E-state index in [0.717, 1.165) is 56.0 Å². The van der Waals surface area contributed by atoms with Gasteiger partial charge in [-0.25, -0.2) is 19.9 Å². The predicted molar refractivity (Wildman–Crippen MR) is 198 cm³/mol. The van der Waals surface area contributed by atoms with E-state index in [1.54, 1.807) is 0 Å². The van der Waals surface area contributed by atoms with E-state index in [1.807, 2.05) is 67.6 Å². The third-order valence-electron chi connectivity index (χ3n) is 8.35. The Morgan fingerprint density at radius 3 is 1.49 bits per heavy atom. The molecule has 0 atom stereocenters. The van der Waals surface area contributed by atoms with Gasteiger partial charge in [-0.15, -0.1) is 11.3 Å². The Labute approximate surface area is 277 Å². The average molecular weight is 623 g/mol. The first-order valence-electron chi connectivity index (χ1n) is 15.6. The second-order valence-electron chi connectivity index (χ2n) is 11.5. The van der Waals surface area contributed by atoms with E-state index >= 15 is 0 Å². The van der Waals surface area contributed by atoms with Gasteiger partial charge in [-0.1, -0.05) is 115 Å². The smallest absolute Gasteiger partial charge is 0.126 e. The number of rotatable bonds is 3. The van der Waals surface area contributed by atoms with Crippen molar-refractivity contribution in [3.8, 4) is 33.6 Å². The van der Waals surface area contributed by atoms with Gasteiger partial charge in [0.2, 0.25) is 0 Å². The molecule has 0 radical (unpaired) electrons. The van der Waals surface area contributed by atoms with E-state index < -0.39 is 0 Å². The molecule has 0 spiro atoms. The van der Waals surface area contributed by atoms with Crippen LogP contribution in [-0.4, -0.2) is 19.9 Å². The molecule has 9 rings (SSSR count). The summed E-state index contributed by atoms with van der Waals surface area (Å²) >= 11 is 1.84. The number of benzene rings is 6. The van der Waals surface area contributed by atoms with Gasteiger partial charge < -0.3 is 0 Å². The standard InChI is InChI=1S/C21H14N2S.C21H16N2/c1-13-22-18-8-4-2-7-16(18)21(23-13)14-10-11-20-17(12-14)15-6-3-5-9-19(15)24-20;1-15-22-20-10-6-5-9-19(20)21(23-15)18-13-11-17(12-14-18)16-7-3-2-4-8-16/h2-12H,1H3;2-14H,1H3. The van der Waals surface area contributed by atoms with E-state index in [9.17, 15) is 0 Å². The monoisotopic (exact) mass is 622 g/mol. The normalized spacial score (nSPS) is 11.2. The molecule has 6 aromatic carbocycles. The Morgan fingerprint density at radius 2 is 0.830 bits per heavy atom. The number of nitrogens with zero attached hydrogens (tertiary/aromatic N) is 4. The van der Waals surface area contributed by atoms with Crippen LogP contribution in [0.1, 0.15) is 11.6 Å². The molecule has 3 aromatic heterocycles. The van der Waals surface area contributed by atoms with Gasteiger partial charge in [0.15, 0.2) is 0 Å². The molecule has 3 heterocycles. The molecule has 4 nitrogen and oxygen atoms in total. The number of aromatic nitrogens is 4.